The fourth-order valence-electron chi connectivity index (χ4n) is 2.19. The number of anilines is 1. The van der Waals surface area contributed by atoms with Gasteiger partial charge in [0.15, 0.2) is 10.2 Å². The van der Waals surface area contributed by atoms with E-state index in [0.29, 0.717) is 26.2 Å². The number of carbonyl (C=O) groups is 1. The van der Waals surface area contributed by atoms with E-state index in [1.807, 2.05) is 32.0 Å². The molecule has 0 aliphatic heterocycles. The summed E-state index contributed by atoms with van der Waals surface area (Å²) in [5.41, 5.74) is 2.48. The number of hydrogen-bond acceptors (Lipinski definition) is 6. The normalized spacial score (nSPS) is 11.1. The fourth-order valence-corrected chi connectivity index (χ4v) is 3.51. The zero-order valence-corrected chi connectivity index (χ0v) is 17.5. The number of carbonyl (C=O) groups excluding carboxylic acids is 1. The predicted octanol–water partition coefficient (Wildman–Crippen LogP) is 5.15. The van der Waals surface area contributed by atoms with Gasteiger partial charge in [-0.2, -0.15) is 5.26 Å². The Labute approximate surface area is 174 Å². The maximum Gasteiger partial charge on any atom is 0.266 e. The minimum absolute atomic E-state index is 0.0646. The lowest BCUT2D eigenvalue weighted by Crippen LogP contribution is -2.13. The molecule has 140 valence electrons. The van der Waals surface area contributed by atoms with Crippen LogP contribution in [-0.4, -0.2) is 15.9 Å². The summed E-state index contributed by atoms with van der Waals surface area (Å²) in [4.78, 5) is 20.9. The van der Waals surface area contributed by atoms with Gasteiger partial charge in [-0.3, -0.25) is 4.79 Å². The molecule has 0 aliphatic rings. The van der Waals surface area contributed by atoms with E-state index in [-0.39, 0.29) is 5.57 Å². The van der Waals surface area contributed by atoms with E-state index in [1.165, 1.54) is 17.8 Å². The van der Waals surface area contributed by atoms with Crippen molar-refractivity contribution in [2.45, 2.75) is 24.1 Å². The average Bonchev–Trinajstić information content (AvgIpc) is 3.00. The predicted molar refractivity (Wildman–Crippen MR) is 111 cm³/mol. The third kappa shape index (κ3) is 5.09. The van der Waals surface area contributed by atoms with Gasteiger partial charge in [0.2, 0.25) is 0 Å². The average molecular weight is 455 g/mol. The minimum Gasteiger partial charge on any atom is -0.449 e. The van der Waals surface area contributed by atoms with E-state index < -0.39 is 5.91 Å². The number of nitrogens with zero attached hydrogens (tertiary/aromatic N) is 3. The number of nitrogens with one attached hydrogen (secondary N) is 1. The molecule has 8 heteroatoms. The molecule has 0 radical (unpaired) electrons. The number of amides is 1. The molecular weight excluding hydrogens is 440 g/mol. The molecule has 0 unspecified atom stereocenters. The Morgan fingerprint density at radius 2 is 2.04 bits per heavy atom. The van der Waals surface area contributed by atoms with Gasteiger partial charge in [0.05, 0.1) is 4.47 Å². The molecule has 0 saturated carbocycles. The van der Waals surface area contributed by atoms with E-state index in [9.17, 15) is 10.1 Å². The van der Waals surface area contributed by atoms with Crippen molar-refractivity contribution in [3.63, 3.8) is 0 Å². The number of benzene rings is 1. The standard InChI is InChI=1S/C20H15BrN4O2S/c1-12-3-5-15(6-4-12)25-18(26)14(11-22)9-16-10-17(21)19(27-16)28-20-23-8-7-13(2)24-20/h3-10H,1-2H3,(H,25,26)/b14-9+. The summed E-state index contributed by atoms with van der Waals surface area (Å²) in [5, 5.41) is 13.1. The van der Waals surface area contributed by atoms with Gasteiger partial charge < -0.3 is 9.73 Å². The van der Waals surface area contributed by atoms with Gasteiger partial charge in [0.1, 0.15) is 17.4 Å². The first-order valence-electron chi connectivity index (χ1n) is 8.21. The molecule has 1 N–H and O–H groups in total. The Hall–Kier alpha value is -2.89. The van der Waals surface area contributed by atoms with Crippen LogP contribution in [0.4, 0.5) is 5.69 Å². The number of rotatable bonds is 5. The maximum absolute atomic E-state index is 12.4. The molecule has 1 amide bonds. The number of hydrogen-bond donors (Lipinski definition) is 1. The van der Waals surface area contributed by atoms with Crippen LogP contribution in [0.5, 0.6) is 0 Å². The van der Waals surface area contributed by atoms with Gasteiger partial charge in [0, 0.05) is 23.7 Å². The molecule has 0 fully saturated rings. The summed E-state index contributed by atoms with van der Waals surface area (Å²) in [7, 11) is 0. The Morgan fingerprint density at radius 3 is 2.71 bits per heavy atom. The molecule has 1 aromatic carbocycles. The van der Waals surface area contributed by atoms with Crippen LogP contribution in [0.15, 0.2) is 67.3 Å². The van der Waals surface area contributed by atoms with Crippen molar-refractivity contribution in [3.05, 3.63) is 69.7 Å². The van der Waals surface area contributed by atoms with Crippen LogP contribution in [0.25, 0.3) is 6.08 Å². The van der Waals surface area contributed by atoms with Crippen LogP contribution >= 0.6 is 27.7 Å². The third-order valence-corrected chi connectivity index (χ3v) is 5.31. The second-order valence-electron chi connectivity index (χ2n) is 5.86. The largest absolute Gasteiger partial charge is 0.449 e. The Bertz CT molecular complexity index is 1080. The SMILES string of the molecule is Cc1ccc(NC(=O)/C(C#N)=C/c2cc(Br)c(Sc3nccc(C)n3)o2)cc1. The molecule has 0 bridgehead atoms. The summed E-state index contributed by atoms with van der Waals surface area (Å²) < 4.78 is 6.42. The van der Waals surface area contributed by atoms with Crippen molar-refractivity contribution >= 4 is 45.4 Å². The number of aryl methyl sites for hydroxylation is 2. The number of furan rings is 1. The molecule has 0 atom stereocenters. The lowest BCUT2D eigenvalue weighted by molar-refractivity contribution is -0.112. The van der Waals surface area contributed by atoms with Gasteiger partial charge in [-0.25, -0.2) is 9.97 Å². The summed E-state index contributed by atoms with van der Waals surface area (Å²) in [5.74, 6) is -0.132. The summed E-state index contributed by atoms with van der Waals surface area (Å²) in [6.45, 7) is 3.83. The molecule has 2 heterocycles. The van der Waals surface area contributed by atoms with Crippen LogP contribution in [-0.2, 0) is 4.79 Å². The topological polar surface area (TPSA) is 91.8 Å². The minimum atomic E-state index is -0.505. The molecule has 0 saturated heterocycles. The molecule has 6 nitrogen and oxygen atoms in total. The van der Waals surface area contributed by atoms with E-state index in [4.69, 9.17) is 4.42 Å². The summed E-state index contributed by atoms with van der Waals surface area (Å²) in [6.07, 6.45) is 3.07. The summed E-state index contributed by atoms with van der Waals surface area (Å²) >= 11 is 4.67. The third-order valence-electron chi connectivity index (χ3n) is 3.59. The lowest BCUT2D eigenvalue weighted by atomic mass is 10.2. The monoisotopic (exact) mass is 454 g/mol. The smallest absolute Gasteiger partial charge is 0.266 e. The molecule has 0 aliphatic carbocycles. The van der Waals surface area contributed by atoms with Crippen molar-refractivity contribution in [2.24, 2.45) is 0 Å². The molecule has 2 aromatic heterocycles. The first-order chi connectivity index (χ1) is 13.4. The van der Waals surface area contributed by atoms with Gasteiger partial charge >= 0.3 is 0 Å². The maximum atomic E-state index is 12.4. The molecular formula is C20H15BrN4O2S. The van der Waals surface area contributed by atoms with Crippen LogP contribution in [0.3, 0.4) is 0 Å². The Balaban J connectivity index is 1.78. The zero-order valence-electron chi connectivity index (χ0n) is 15.1. The molecule has 0 spiro atoms. The van der Waals surface area contributed by atoms with E-state index in [0.717, 1.165) is 11.3 Å². The Kier molecular flexibility index (Phi) is 6.29. The lowest BCUT2D eigenvalue weighted by Gasteiger charge is -2.04. The number of aromatic nitrogens is 2. The molecule has 3 aromatic rings. The second kappa shape index (κ2) is 8.87. The van der Waals surface area contributed by atoms with Crippen molar-refractivity contribution < 1.29 is 9.21 Å². The number of halogens is 1. The highest BCUT2D eigenvalue weighted by Gasteiger charge is 2.15. The molecule has 28 heavy (non-hydrogen) atoms. The van der Waals surface area contributed by atoms with Crippen molar-refractivity contribution in [1.29, 1.82) is 5.26 Å². The highest BCUT2D eigenvalue weighted by molar-refractivity contribution is 9.10. The van der Waals surface area contributed by atoms with Gasteiger partial charge in [-0.1, -0.05) is 17.7 Å². The Morgan fingerprint density at radius 1 is 1.29 bits per heavy atom. The van der Waals surface area contributed by atoms with Crippen molar-refractivity contribution in [2.75, 3.05) is 5.32 Å². The van der Waals surface area contributed by atoms with Crippen LogP contribution in [0, 0.1) is 25.2 Å². The van der Waals surface area contributed by atoms with Gasteiger partial charge in [-0.15, -0.1) is 0 Å². The highest BCUT2D eigenvalue weighted by atomic mass is 79.9. The quantitative estimate of drug-likeness (QED) is 0.325. The van der Waals surface area contributed by atoms with Crippen LogP contribution in [0.2, 0.25) is 0 Å². The van der Waals surface area contributed by atoms with E-state index in [1.54, 1.807) is 30.5 Å². The van der Waals surface area contributed by atoms with E-state index >= 15 is 0 Å². The first-order valence-corrected chi connectivity index (χ1v) is 9.82. The number of nitriles is 1. The molecule has 3 rings (SSSR count). The van der Waals surface area contributed by atoms with Crippen LogP contribution < -0.4 is 5.32 Å². The first kappa shape index (κ1) is 19.9. The van der Waals surface area contributed by atoms with Crippen LogP contribution in [0.1, 0.15) is 17.0 Å². The van der Waals surface area contributed by atoms with Crippen molar-refractivity contribution in [1.82, 2.24) is 9.97 Å². The van der Waals surface area contributed by atoms with Gasteiger partial charge in [-0.05, 0) is 65.8 Å². The fraction of sp³-hybridized carbons (Fsp3) is 0.100. The van der Waals surface area contributed by atoms with Gasteiger partial charge in [0.25, 0.3) is 5.91 Å². The highest BCUT2D eigenvalue weighted by Crippen LogP contribution is 2.35. The van der Waals surface area contributed by atoms with E-state index in [2.05, 4.69) is 31.2 Å². The zero-order chi connectivity index (χ0) is 20.1. The van der Waals surface area contributed by atoms with Crippen molar-refractivity contribution in [3.8, 4) is 6.07 Å². The second-order valence-corrected chi connectivity index (χ2v) is 7.65. The summed E-state index contributed by atoms with van der Waals surface area (Å²) in [6, 6.07) is 12.7.